The molecule has 2 amide bonds. The number of amides is 2. The first kappa shape index (κ1) is 16.5. The molecule has 0 radical (unpaired) electrons. The third-order valence-corrected chi connectivity index (χ3v) is 4.17. The van der Waals surface area contributed by atoms with E-state index in [0.717, 1.165) is 11.1 Å². The van der Waals surface area contributed by atoms with Crippen molar-refractivity contribution in [3.63, 3.8) is 0 Å². The highest BCUT2D eigenvalue weighted by Gasteiger charge is 2.32. The van der Waals surface area contributed by atoms with Gasteiger partial charge in [-0.25, -0.2) is 0 Å². The highest BCUT2D eigenvalue weighted by Crippen LogP contribution is 2.36. The second-order valence-corrected chi connectivity index (χ2v) is 5.77. The number of nitrogen functional groups attached to an aromatic ring is 1. The Hall–Kier alpha value is -3.35. The van der Waals surface area contributed by atoms with Gasteiger partial charge in [0.25, 0.3) is 5.91 Å². The molecule has 2 heterocycles. The van der Waals surface area contributed by atoms with Crippen molar-refractivity contribution in [2.24, 2.45) is 5.73 Å². The maximum Gasteiger partial charge on any atom is 0.256 e. The van der Waals surface area contributed by atoms with E-state index in [1.807, 2.05) is 6.07 Å². The number of anilines is 1. The summed E-state index contributed by atoms with van der Waals surface area (Å²) in [6.45, 7) is 3.98. The summed E-state index contributed by atoms with van der Waals surface area (Å²) in [4.78, 5) is 29.8. The number of carbonyl (C=O) groups excluding carboxylic acids is 2. The van der Waals surface area contributed by atoms with E-state index in [1.54, 1.807) is 31.5 Å². The molecule has 1 aromatic carbocycles. The Bertz CT molecular complexity index is 892. The summed E-state index contributed by atoms with van der Waals surface area (Å²) in [6, 6.07) is 7.05. The predicted octanol–water partition coefficient (Wildman–Crippen LogP) is 1.34. The van der Waals surface area contributed by atoms with E-state index >= 15 is 0 Å². The number of fused-ring (bicyclic) bond motifs is 1. The fraction of sp³-hybridized carbons (Fsp3) is 0.167. The fourth-order valence-electron chi connectivity index (χ4n) is 2.86. The minimum Gasteiger partial charge on any atom is -0.497 e. The van der Waals surface area contributed by atoms with Crippen molar-refractivity contribution in [3.05, 3.63) is 53.7 Å². The normalized spacial score (nSPS) is 12.8. The lowest BCUT2D eigenvalue weighted by Gasteiger charge is -2.15. The average molecular weight is 338 g/mol. The standard InChI is InChI=1S/C18H18N4O3/c1-10(17(20)23)8-22-9-13-12(3-4-14(19)16(13)18(22)24)15-7-11(25-2)5-6-21-15/h3-7H,1,8-9,19H2,2H3,(H2,20,23). The minimum absolute atomic E-state index is 0.0628. The number of hydrogen-bond donors (Lipinski definition) is 2. The molecule has 0 saturated carbocycles. The Balaban J connectivity index is 2.03. The number of benzene rings is 1. The SMILES string of the molecule is C=C(CN1Cc2c(-c3cc(OC)ccn3)ccc(N)c2C1=O)C(N)=O. The van der Waals surface area contributed by atoms with Crippen LogP contribution in [0.2, 0.25) is 0 Å². The Morgan fingerprint density at radius 3 is 2.84 bits per heavy atom. The summed E-state index contributed by atoms with van der Waals surface area (Å²) >= 11 is 0. The Morgan fingerprint density at radius 1 is 1.40 bits per heavy atom. The molecule has 1 aromatic heterocycles. The van der Waals surface area contributed by atoms with Gasteiger partial charge in [0.15, 0.2) is 0 Å². The van der Waals surface area contributed by atoms with Gasteiger partial charge in [-0.3, -0.25) is 14.6 Å². The topological polar surface area (TPSA) is 112 Å². The zero-order valence-corrected chi connectivity index (χ0v) is 13.8. The molecule has 128 valence electrons. The van der Waals surface area contributed by atoms with Gasteiger partial charge in [-0.05, 0) is 17.7 Å². The number of ether oxygens (including phenoxy) is 1. The van der Waals surface area contributed by atoms with E-state index in [0.29, 0.717) is 29.2 Å². The first-order valence-electron chi connectivity index (χ1n) is 7.61. The second-order valence-electron chi connectivity index (χ2n) is 5.77. The molecule has 7 heteroatoms. The number of aromatic nitrogens is 1. The van der Waals surface area contributed by atoms with Crippen LogP contribution in [0.4, 0.5) is 5.69 Å². The highest BCUT2D eigenvalue weighted by molar-refractivity contribution is 6.05. The van der Waals surface area contributed by atoms with Crippen LogP contribution in [0, 0.1) is 0 Å². The van der Waals surface area contributed by atoms with Crippen LogP contribution in [0.3, 0.4) is 0 Å². The molecule has 7 nitrogen and oxygen atoms in total. The van der Waals surface area contributed by atoms with Gasteiger partial charge in [-0.1, -0.05) is 12.6 Å². The maximum atomic E-state index is 12.7. The molecule has 25 heavy (non-hydrogen) atoms. The number of carbonyl (C=O) groups is 2. The van der Waals surface area contributed by atoms with E-state index in [4.69, 9.17) is 16.2 Å². The number of pyridine rings is 1. The van der Waals surface area contributed by atoms with Gasteiger partial charge < -0.3 is 21.1 Å². The number of nitrogens with zero attached hydrogens (tertiary/aromatic N) is 2. The molecule has 0 aliphatic carbocycles. The molecule has 2 aromatic rings. The number of nitrogens with two attached hydrogens (primary N) is 2. The molecule has 1 aliphatic rings. The van der Waals surface area contributed by atoms with Crippen LogP contribution in [-0.2, 0) is 11.3 Å². The molecular formula is C18H18N4O3. The van der Waals surface area contributed by atoms with Crippen LogP contribution in [0.15, 0.2) is 42.6 Å². The van der Waals surface area contributed by atoms with E-state index < -0.39 is 5.91 Å². The fourth-order valence-corrected chi connectivity index (χ4v) is 2.86. The van der Waals surface area contributed by atoms with Crippen LogP contribution in [0.1, 0.15) is 15.9 Å². The van der Waals surface area contributed by atoms with Gasteiger partial charge in [0.1, 0.15) is 5.75 Å². The molecular weight excluding hydrogens is 320 g/mol. The van der Waals surface area contributed by atoms with Crippen LogP contribution in [-0.4, -0.2) is 35.4 Å². The van der Waals surface area contributed by atoms with Crippen LogP contribution < -0.4 is 16.2 Å². The van der Waals surface area contributed by atoms with Gasteiger partial charge >= 0.3 is 0 Å². The number of methoxy groups -OCH3 is 1. The van der Waals surface area contributed by atoms with Crippen molar-refractivity contribution < 1.29 is 14.3 Å². The monoisotopic (exact) mass is 338 g/mol. The lowest BCUT2D eigenvalue weighted by Crippen LogP contribution is -2.30. The van der Waals surface area contributed by atoms with E-state index in [9.17, 15) is 9.59 Å². The Kier molecular flexibility index (Phi) is 4.14. The largest absolute Gasteiger partial charge is 0.497 e. The van der Waals surface area contributed by atoms with Gasteiger partial charge in [-0.2, -0.15) is 0 Å². The second kappa shape index (κ2) is 6.27. The number of primary amides is 1. The molecule has 3 rings (SSSR count). The average Bonchev–Trinajstić information content (AvgIpc) is 2.92. The molecule has 0 atom stereocenters. The summed E-state index contributed by atoms with van der Waals surface area (Å²) in [5.74, 6) is -0.218. The molecule has 0 unspecified atom stereocenters. The van der Waals surface area contributed by atoms with Crippen LogP contribution in [0.5, 0.6) is 5.75 Å². The molecule has 0 fully saturated rings. The minimum atomic E-state index is -0.633. The quantitative estimate of drug-likeness (QED) is 0.631. The van der Waals surface area contributed by atoms with Crippen molar-refractivity contribution in [1.82, 2.24) is 9.88 Å². The van der Waals surface area contributed by atoms with Crippen molar-refractivity contribution >= 4 is 17.5 Å². The van der Waals surface area contributed by atoms with Crippen molar-refractivity contribution in [1.29, 1.82) is 0 Å². The van der Waals surface area contributed by atoms with Crippen molar-refractivity contribution in [3.8, 4) is 17.0 Å². The van der Waals surface area contributed by atoms with Gasteiger partial charge in [0.2, 0.25) is 5.91 Å². The van der Waals surface area contributed by atoms with E-state index in [1.165, 1.54) is 4.90 Å². The summed E-state index contributed by atoms with van der Waals surface area (Å²) in [5.41, 5.74) is 14.5. The molecule has 1 aliphatic heterocycles. The summed E-state index contributed by atoms with van der Waals surface area (Å²) in [5, 5.41) is 0. The number of rotatable bonds is 5. The Labute approximate surface area is 144 Å². The zero-order valence-electron chi connectivity index (χ0n) is 13.8. The third kappa shape index (κ3) is 2.91. The summed E-state index contributed by atoms with van der Waals surface area (Å²) in [6.07, 6.45) is 1.64. The van der Waals surface area contributed by atoms with E-state index in [2.05, 4.69) is 11.6 Å². The van der Waals surface area contributed by atoms with E-state index in [-0.39, 0.29) is 18.0 Å². The highest BCUT2D eigenvalue weighted by atomic mass is 16.5. The predicted molar refractivity (Wildman–Crippen MR) is 93.7 cm³/mol. The van der Waals surface area contributed by atoms with Crippen LogP contribution in [0.25, 0.3) is 11.3 Å². The van der Waals surface area contributed by atoms with Crippen molar-refractivity contribution in [2.45, 2.75) is 6.54 Å². The summed E-state index contributed by atoms with van der Waals surface area (Å²) in [7, 11) is 1.58. The van der Waals surface area contributed by atoms with Gasteiger partial charge in [0.05, 0.1) is 24.9 Å². The van der Waals surface area contributed by atoms with Crippen molar-refractivity contribution in [2.75, 3.05) is 19.4 Å². The van der Waals surface area contributed by atoms with Crippen LogP contribution >= 0.6 is 0 Å². The Morgan fingerprint density at radius 2 is 2.16 bits per heavy atom. The lowest BCUT2D eigenvalue weighted by atomic mass is 9.98. The summed E-state index contributed by atoms with van der Waals surface area (Å²) < 4.78 is 5.24. The third-order valence-electron chi connectivity index (χ3n) is 4.17. The first-order valence-corrected chi connectivity index (χ1v) is 7.61. The molecule has 0 bridgehead atoms. The number of hydrogen-bond acceptors (Lipinski definition) is 5. The lowest BCUT2D eigenvalue weighted by molar-refractivity contribution is -0.114. The molecule has 0 spiro atoms. The molecule has 0 saturated heterocycles. The first-order chi connectivity index (χ1) is 11.9. The van der Waals surface area contributed by atoms with Gasteiger partial charge in [0, 0.05) is 35.6 Å². The van der Waals surface area contributed by atoms with Gasteiger partial charge in [-0.15, -0.1) is 0 Å². The zero-order chi connectivity index (χ0) is 18.1. The smallest absolute Gasteiger partial charge is 0.256 e. The maximum absolute atomic E-state index is 12.7. The molecule has 4 N–H and O–H groups in total.